The summed E-state index contributed by atoms with van der Waals surface area (Å²) in [7, 11) is 0. The zero-order valence-electron chi connectivity index (χ0n) is 21.8. The van der Waals surface area contributed by atoms with Gasteiger partial charge < -0.3 is 4.74 Å². The summed E-state index contributed by atoms with van der Waals surface area (Å²) in [6.45, 7) is 5.22. The van der Waals surface area contributed by atoms with E-state index in [4.69, 9.17) is 4.74 Å². The van der Waals surface area contributed by atoms with Crippen LogP contribution in [0.3, 0.4) is 0 Å². The molecule has 0 aliphatic heterocycles. The Bertz CT molecular complexity index is 655. The van der Waals surface area contributed by atoms with E-state index in [1.54, 1.807) is 6.07 Å². The van der Waals surface area contributed by atoms with E-state index >= 15 is 0 Å². The minimum Gasteiger partial charge on any atom is -0.493 e. The number of hydrogen-bond acceptors (Lipinski definition) is 1. The molecule has 0 unspecified atom stereocenters. The molecule has 0 radical (unpaired) electrons. The Labute approximate surface area is 204 Å². The van der Waals surface area contributed by atoms with Gasteiger partial charge in [-0.05, 0) is 86.7 Å². The summed E-state index contributed by atoms with van der Waals surface area (Å²) in [5, 5.41) is 0. The lowest BCUT2D eigenvalue weighted by Crippen LogP contribution is -2.31. The van der Waals surface area contributed by atoms with Gasteiger partial charge in [-0.2, -0.15) is 0 Å². The minimum absolute atomic E-state index is 0.0966. The molecule has 0 N–H and O–H groups in total. The third-order valence-corrected chi connectivity index (χ3v) is 8.91. The SMILES string of the molecule is CCCCCc1ccc(OCCCC2(CCCCC)CCC(C3CCCCC3)CC2)cc1F. The normalized spacial score (nSPS) is 24.2. The Morgan fingerprint density at radius 3 is 2.18 bits per heavy atom. The van der Waals surface area contributed by atoms with Crippen LogP contribution in [0.15, 0.2) is 18.2 Å². The zero-order valence-corrected chi connectivity index (χ0v) is 21.8. The van der Waals surface area contributed by atoms with Crippen molar-refractivity contribution in [1.82, 2.24) is 0 Å². The van der Waals surface area contributed by atoms with Crippen molar-refractivity contribution in [2.24, 2.45) is 17.3 Å². The average Bonchev–Trinajstić information content (AvgIpc) is 2.84. The second kappa shape index (κ2) is 14.4. The number of rotatable bonds is 14. The summed E-state index contributed by atoms with van der Waals surface area (Å²) in [5.74, 6) is 2.63. The average molecular weight is 459 g/mol. The molecule has 0 spiro atoms. The van der Waals surface area contributed by atoms with Crippen molar-refractivity contribution in [2.45, 2.75) is 136 Å². The van der Waals surface area contributed by atoms with E-state index in [1.165, 1.54) is 103 Å². The molecule has 1 aromatic rings. The first-order chi connectivity index (χ1) is 16.2. The Morgan fingerprint density at radius 1 is 0.818 bits per heavy atom. The first kappa shape index (κ1) is 26.6. The summed E-state index contributed by atoms with van der Waals surface area (Å²) >= 11 is 0. The van der Waals surface area contributed by atoms with Crippen LogP contribution in [0.1, 0.15) is 135 Å². The van der Waals surface area contributed by atoms with Crippen molar-refractivity contribution in [1.29, 1.82) is 0 Å². The molecule has 2 aliphatic rings. The topological polar surface area (TPSA) is 9.23 Å². The maximum atomic E-state index is 14.4. The molecule has 188 valence electrons. The summed E-state index contributed by atoms with van der Waals surface area (Å²) in [6, 6.07) is 5.50. The van der Waals surface area contributed by atoms with Gasteiger partial charge in [-0.15, -0.1) is 0 Å². The molecule has 1 nitrogen and oxygen atoms in total. The highest BCUT2D eigenvalue weighted by Crippen LogP contribution is 2.49. The van der Waals surface area contributed by atoms with Crippen molar-refractivity contribution in [3.63, 3.8) is 0 Å². The van der Waals surface area contributed by atoms with Gasteiger partial charge in [0.25, 0.3) is 0 Å². The fourth-order valence-corrected chi connectivity index (χ4v) is 6.73. The number of halogens is 1. The second-order valence-electron chi connectivity index (χ2n) is 11.4. The molecule has 0 heterocycles. The fourth-order valence-electron chi connectivity index (χ4n) is 6.73. The van der Waals surface area contributed by atoms with Crippen molar-refractivity contribution < 1.29 is 9.13 Å². The number of benzene rings is 1. The number of aryl methyl sites for hydroxylation is 1. The Balaban J connectivity index is 1.45. The van der Waals surface area contributed by atoms with E-state index in [9.17, 15) is 4.39 Å². The van der Waals surface area contributed by atoms with E-state index in [0.29, 0.717) is 11.2 Å². The first-order valence-corrected chi connectivity index (χ1v) is 14.6. The van der Waals surface area contributed by atoms with Gasteiger partial charge in [-0.3, -0.25) is 0 Å². The van der Waals surface area contributed by atoms with Gasteiger partial charge in [0.2, 0.25) is 0 Å². The molecule has 0 atom stereocenters. The molecule has 0 saturated heterocycles. The summed E-state index contributed by atoms with van der Waals surface area (Å²) in [5.41, 5.74) is 1.37. The van der Waals surface area contributed by atoms with Crippen molar-refractivity contribution in [3.8, 4) is 5.75 Å². The Hall–Kier alpha value is -1.05. The summed E-state index contributed by atoms with van der Waals surface area (Å²) in [6.07, 6.45) is 25.3. The Kier molecular flexibility index (Phi) is 11.6. The minimum atomic E-state index is -0.0966. The number of hydrogen-bond donors (Lipinski definition) is 0. The van der Waals surface area contributed by atoms with E-state index in [0.717, 1.165) is 43.3 Å². The van der Waals surface area contributed by atoms with E-state index in [2.05, 4.69) is 13.8 Å². The molecule has 1 aromatic carbocycles. The van der Waals surface area contributed by atoms with Crippen LogP contribution in [0.4, 0.5) is 4.39 Å². The van der Waals surface area contributed by atoms with E-state index in [1.807, 2.05) is 12.1 Å². The third kappa shape index (κ3) is 8.59. The van der Waals surface area contributed by atoms with Gasteiger partial charge in [0.1, 0.15) is 11.6 Å². The second-order valence-corrected chi connectivity index (χ2v) is 11.4. The van der Waals surface area contributed by atoms with Crippen LogP contribution in [-0.4, -0.2) is 6.61 Å². The third-order valence-electron chi connectivity index (χ3n) is 8.91. The van der Waals surface area contributed by atoms with Crippen LogP contribution in [0, 0.1) is 23.1 Å². The molecule has 3 rings (SSSR count). The summed E-state index contributed by atoms with van der Waals surface area (Å²) in [4.78, 5) is 0. The van der Waals surface area contributed by atoms with Gasteiger partial charge in [0.15, 0.2) is 0 Å². The molecule has 2 aliphatic carbocycles. The van der Waals surface area contributed by atoms with Gasteiger partial charge >= 0.3 is 0 Å². The van der Waals surface area contributed by atoms with Crippen molar-refractivity contribution in [2.75, 3.05) is 6.61 Å². The lowest BCUT2D eigenvalue weighted by Gasteiger charge is -2.43. The van der Waals surface area contributed by atoms with Crippen LogP contribution in [0.2, 0.25) is 0 Å². The predicted octanol–water partition coefficient (Wildman–Crippen LogP) is 10.1. The lowest BCUT2D eigenvalue weighted by molar-refractivity contribution is 0.0776. The van der Waals surface area contributed by atoms with Crippen LogP contribution < -0.4 is 4.74 Å². The molecular formula is C31H51FO. The quantitative estimate of drug-likeness (QED) is 0.252. The standard InChI is InChI=1S/C31H51FO/c1-3-5-8-15-28-16-17-29(25-30(28)32)33-24-12-21-31(20-11-6-4-2)22-18-27(19-23-31)26-13-9-7-10-14-26/h16-17,25-27H,3-15,18-24H2,1-2H3. The molecule has 2 saturated carbocycles. The largest absolute Gasteiger partial charge is 0.493 e. The summed E-state index contributed by atoms with van der Waals surface area (Å²) < 4.78 is 20.4. The smallest absolute Gasteiger partial charge is 0.130 e. The van der Waals surface area contributed by atoms with Crippen molar-refractivity contribution >= 4 is 0 Å². The highest BCUT2D eigenvalue weighted by molar-refractivity contribution is 5.29. The first-order valence-electron chi connectivity index (χ1n) is 14.6. The predicted molar refractivity (Wildman–Crippen MR) is 139 cm³/mol. The van der Waals surface area contributed by atoms with Gasteiger partial charge in [0, 0.05) is 6.07 Å². The maximum Gasteiger partial charge on any atom is 0.130 e. The molecule has 0 bridgehead atoms. The van der Waals surface area contributed by atoms with Crippen LogP contribution in [-0.2, 0) is 6.42 Å². The van der Waals surface area contributed by atoms with Crippen LogP contribution in [0.25, 0.3) is 0 Å². The monoisotopic (exact) mass is 458 g/mol. The molecule has 33 heavy (non-hydrogen) atoms. The zero-order chi connectivity index (χ0) is 23.4. The van der Waals surface area contributed by atoms with Crippen LogP contribution >= 0.6 is 0 Å². The van der Waals surface area contributed by atoms with E-state index in [-0.39, 0.29) is 5.82 Å². The number of ether oxygens (including phenoxy) is 1. The van der Waals surface area contributed by atoms with E-state index < -0.39 is 0 Å². The fraction of sp³-hybridized carbons (Fsp3) is 0.806. The maximum absolute atomic E-state index is 14.4. The highest BCUT2D eigenvalue weighted by Gasteiger charge is 2.37. The van der Waals surface area contributed by atoms with Gasteiger partial charge in [-0.25, -0.2) is 4.39 Å². The molecule has 2 heteroatoms. The number of unbranched alkanes of at least 4 members (excludes halogenated alkanes) is 4. The lowest BCUT2D eigenvalue weighted by atomic mass is 9.62. The molecular weight excluding hydrogens is 407 g/mol. The van der Waals surface area contributed by atoms with Crippen molar-refractivity contribution in [3.05, 3.63) is 29.6 Å². The van der Waals surface area contributed by atoms with Gasteiger partial charge in [-0.1, -0.05) is 84.1 Å². The van der Waals surface area contributed by atoms with Gasteiger partial charge in [0.05, 0.1) is 6.61 Å². The molecule has 0 amide bonds. The molecule has 2 fully saturated rings. The molecule has 0 aromatic heterocycles. The van der Waals surface area contributed by atoms with Crippen LogP contribution in [0.5, 0.6) is 5.75 Å². The highest BCUT2D eigenvalue weighted by atomic mass is 19.1. The Morgan fingerprint density at radius 2 is 1.48 bits per heavy atom.